The van der Waals surface area contributed by atoms with Crippen molar-refractivity contribution in [3.63, 3.8) is 0 Å². The molecule has 0 aliphatic carbocycles. The molecular formula is C19H18N4O8S. The van der Waals surface area contributed by atoms with Crippen LogP contribution in [-0.4, -0.2) is 53.1 Å². The molecule has 13 heteroatoms. The Hall–Kier alpha value is -4.00. The largest absolute Gasteiger partial charge is 0.467 e. The molecule has 2 rings (SSSR count). The fraction of sp³-hybridized carbons (Fsp3) is 0.211. The van der Waals surface area contributed by atoms with Crippen molar-refractivity contribution in [1.29, 1.82) is 0 Å². The van der Waals surface area contributed by atoms with E-state index in [0.29, 0.717) is 5.56 Å². The van der Waals surface area contributed by atoms with Crippen molar-refractivity contribution in [3.8, 4) is 0 Å². The molecule has 0 radical (unpaired) electrons. The van der Waals surface area contributed by atoms with Crippen LogP contribution >= 0.6 is 11.8 Å². The molecule has 0 saturated carbocycles. The number of nitrogens with one attached hydrogen (secondary N) is 2. The smallest absolute Gasteiger partial charge is 0.329 e. The van der Waals surface area contributed by atoms with E-state index in [1.54, 1.807) is 30.3 Å². The Bertz CT molecular complexity index is 1030. The zero-order chi connectivity index (χ0) is 23.7. The van der Waals surface area contributed by atoms with E-state index in [4.69, 9.17) is 0 Å². The van der Waals surface area contributed by atoms with E-state index in [1.807, 2.05) is 0 Å². The minimum Gasteiger partial charge on any atom is -0.467 e. The first-order valence-corrected chi connectivity index (χ1v) is 9.97. The number of amides is 2. The van der Waals surface area contributed by atoms with Gasteiger partial charge in [0.2, 0.25) is 5.91 Å². The molecule has 2 amide bonds. The van der Waals surface area contributed by atoms with Gasteiger partial charge in [0.1, 0.15) is 6.04 Å². The zero-order valence-electron chi connectivity index (χ0n) is 16.7. The van der Waals surface area contributed by atoms with E-state index in [0.717, 1.165) is 31.0 Å². The molecule has 0 heterocycles. The fourth-order valence-corrected chi connectivity index (χ4v) is 3.48. The highest BCUT2D eigenvalue weighted by atomic mass is 32.2. The number of nitro benzene ring substituents is 2. The van der Waals surface area contributed by atoms with Crippen molar-refractivity contribution in [3.05, 3.63) is 74.3 Å². The molecule has 2 aromatic rings. The highest BCUT2D eigenvalue weighted by Gasteiger charge is 2.25. The van der Waals surface area contributed by atoms with Crippen LogP contribution in [0.25, 0.3) is 0 Å². The normalized spacial score (nSPS) is 11.2. The maximum absolute atomic E-state index is 12.2. The zero-order valence-corrected chi connectivity index (χ0v) is 17.5. The number of ether oxygens (including phenoxy) is 1. The lowest BCUT2D eigenvalue weighted by atomic mass is 10.2. The van der Waals surface area contributed by atoms with E-state index in [9.17, 15) is 34.6 Å². The van der Waals surface area contributed by atoms with Crippen LogP contribution < -0.4 is 10.6 Å². The SMILES string of the molecule is COC(=O)C(CSc1ccc([N+](=O)[O-])cc1[N+](=O)[O-])NC(=O)CNC(=O)c1ccccc1. The molecule has 1 atom stereocenters. The van der Waals surface area contributed by atoms with Crippen molar-refractivity contribution in [1.82, 2.24) is 10.6 Å². The molecule has 0 aliphatic rings. The molecule has 0 aliphatic heterocycles. The number of hydrogen-bond donors (Lipinski definition) is 2. The molecule has 0 aromatic heterocycles. The maximum atomic E-state index is 12.2. The summed E-state index contributed by atoms with van der Waals surface area (Å²) in [6, 6.07) is 10.1. The van der Waals surface area contributed by atoms with Crippen LogP contribution in [0.2, 0.25) is 0 Å². The van der Waals surface area contributed by atoms with Gasteiger partial charge in [0, 0.05) is 17.4 Å². The molecule has 32 heavy (non-hydrogen) atoms. The van der Waals surface area contributed by atoms with E-state index < -0.39 is 51.6 Å². The average Bonchev–Trinajstić information content (AvgIpc) is 2.79. The van der Waals surface area contributed by atoms with Crippen LogP contribution in [0, 0.1) is 20.2 Å². The number of esters is 1. The summed E-state index contributed by atoms with van der Waals surface area (Å²) in [6.07, 6.45) is 0. The number of methoxy groups -OCH3 is 1. The third-order valence-corrected chi connectivity index (χ3v) is 5.18. The molecular weight excluding hydrogens is 444 g/mol. The lowest BCUT2D eigenvalue weighted by Gasteiger charge is -2.16. The highest BCUT2D eigenvalue weighted by Crippen LogP contribution is 2.32. The predicted molar refractivity (Wildman–Crippen MR) is 113 cm³/mol. The van der Waals surface area contributed by atoms with Gasteiger partial charge in [-0.25, -0.2) is 4.79 Å². The molecule has 0 spiro atoms. The topological polar surface area (TPSA) is 171 Å². The Morgan fingerprint density at radius 3 is 2.34 bits per heavy atom. The Labute approximate surface area is 185 Å². The molecule has 2 aromatic carbocycles. The van der Waals surface area contributed by atoms with E-state index in [1.165, 1.54) is 6.07 Å². The summed E-state index contributed by atoms with van der Waals surface area (Å²) in [6.45, 7) is -0.413. The number of carbonyl (C=O) groups excluding carboxylic acids is 3. The maximum Gasteiger partial charge on any atom is 0.329 e. The fourth-order valence-electron chi connectivity index (χ4n) is 2.47. The lowest BCUT2D eigenvalue weighted by Crippen LogP contribution is -2.47. The predicted octanol–water partition coefficient (Wildman–Crippen LogP) is 1.68. The minimum atomic E-state index is -1.18. The number of benzene rings is 2. The molecule has 168 valence electrons. The van der Waals surface area contributed by atoms with Gasteiger partial charge in [-0.2, -0.15) is 0 Å². The van der Waals surface area contributed by atoms with E-state index in [2.05, 4.69) is 15.4 Å². The van der Waals surface area contributed by atoms with Gasteiger partial charge in [-0.1, -0.05) is 18.2 Å². The molecule has 0 bridgehead atoms. The molecule has 1 unspecified atom stereocenters. The Morgan fingerprint density at radius 2 is 1.75 bits per heavy atom. The van der Waals surface area contributed by atoms with Gasteiger partial charge in [0.25, 0.3) is 17.3 Å². The van der Waals surface area contributed by atoms with Crippen LogP contribution in [0.4, 0.5) is 11.4 Å². The molecule has 12 nitrogen and oxygen atoms in total. The summed E-state index contributed by atoms with van der Waals surface area (Å²) >= 11 is 0.844. The Balaban J connectivity index is 2.02. The standard InChI is InChI=1S/C19H18N4O8S/c1-31-19(26)14(21-17(24)10-20-18(25)12-5-3-2-4-6-12)11-32-16-8-7-13(22(27)28)9-15(16)23(29)30/h2-9,14H,10-11H2,1H3,(H,20,25)(H,21,24). The second kappa shape index (κ2) is 11.4. The number of nitrogens with zero attached hydrogens (tertiary/aromatic N) is 2. The van der Waals surface area contributed by atoms with Crippen LogP contribution in [-0.2, 0) is 14.3 Å². The number of hydrogen-bond acceptors (Lipinski definition) is 9. The van der Waals surface area contributed by atoms with Crippen molar-refractivity contribution >= 4 is 40.9 Å². The first-order chi connectivity index (χ1) is 15.2. The van der Waals surface area contributed by atoms with Crippen molar-refractivity contribution in [2.75, 3.05) is 19.4 Å². The number of thioether (sulfide) groups is 1. The summed E-state index contributed by atoms with van der Waals surface area (Å²) in [7, 11) is 1.11. The number of nitro groups is 2. The number of rotatable bonds is 10. The van der Waals surface area contributed by atoms with Gasteiger partial charge < -0.3 is 15.4 Å². The summed E-state index contributed by atoms with van der Waals surface area (Å²) < 4.78 is 4.65. The quantitative estimate of drug-likeness (QED) is 0.231. The first kappa shape index (κ1) is 24.3. The summed E-state index contributed by atoms with van der Waals surface area (Å²) in [5.74, 6) is -2.11. The van der Waals surface area contributed by atoms with Gasteiger partial charge in [0.15, 0.2) is 0 Å². The number of carbonyl (C=O) groups is 3. The summed E-state index contributed by atoms with van der Waals surface area (Å²) in [4.78, 5) is 56.8. The third kappa shape index (κ3) is 6.77. The van der Waals surface area contributed by atoms with E-state index >= 15 is 0 Å². The summed E-state index contributed by atoms with van der Waals surface area (Å²) in [5, 5.41) is 26.9. The van der Waals surface area contributed by atoms with Gasteiger partial charge in [-0.15, -0.1) is 11.8 Å². The van der Waals surface area contributed by atoms with Gasteiger partial charge in [-0.3, -0.25) is 29.8 Å². The average molecular weight is 462 g/mol. The van der Waals surface area contributed by atoms with Gasteiger partial charge >= 0.3 is 5.97 Å². The lowest BCUT2D eigenvalue weighted by molar-refractivity contribution is -0.396. The molecule has 0 saturated heterocycles. The second-order valence-electron chi connectivity index (χ2n) is 6.17. The van der Waals surface area contributed by atoms with Gasteiger partial charge in [-0.05, 0) is 18.2 Å². The molecule has 2 N–H and O–H groups in total. The van der Waals surface area contributed by atoms with Crippen LogP contribution in [0.15, 0.2) is 53.4 Å². The molecule has 0 fully saturated rings. The first-order valence-electron chi connectivity index (χ1n) is 8.99. The minimum absolute atomic E-state index is 0.0705. The van der Waals surface area contributed by atoms with Crippen LogP contribution in [0.1, 0.15) is 10.4 Å². The summed E-state index contributed by atoms with van der Waals surface area (Å²) in [5.41, 5.74) is -0.604. The Kier molecular flexibility index (Phi) is 8.65. The highest BCUT2D eigenvalue weighted by molar-refractivity contribution is 7.99. The third-order valence-electron chi connectivity index (χ3n) is 4.02. The van der Waals surface area contributed by atoms with Crippen molar-refractivity contribution < 1.29 is 29.0 Å². The van der Waals surface area contributed by atoms with Crippen molar-refractivity contribution in [2.45, 2.75) is 10.9 Å². The monoisotopic (exact) mass is 462 g/mol. The van der Waals surface area contributed by atoms with Crippen molar-refractivity contribution in [2.24, 2.45) is 0 Å². The second-order valence-corrected chi connectivity index (χ2v) is 7.23. The number of non-ortho nitro benzene ring substituents is 1. The van der Waals surface area contributed by atoms with Crippen LogP contribution in [0.3, 0.4) is 0 Å². The van der Waals surface area contributed by atoms with Gasteiger partial charge in [0.05, 0.1) is 34.5 Å². The Morgan fingerprint density at radius 1 is 1.06 bits per heavy atom. The van der Waals surface area contributed by atoms with Crippen LogP contribution in [0.5, 0.6) is 0 Å². The van der Waals surface area contributed by atoms with E-state index in [-0.39, 0.29) is 10.6 Å².